The van der Waals surface area contributed by atoms with E-state index in [9.17, 15) is 21.6 Å². The number of fused-ring (bicyclic) bond motifs is 1. The van der Waals surface area contributed by atoms with Gasteiger partial charge in [0.25, 0.3) is 10.0 Å². The highest BCUT2D eigenvalue weighted by molar-refractivity contribution is 9.10. The molecule has 25 heavy (non-hydrogen) atoms. The summed E-state index contributed by atoms with van der Waals surface area (Å²) in [5, 5.41) is 1.58. The fourth-order valence-electron chi connectivity index (χ4n) is 2.35. The summed E-state index contributed by atoms with van der Waals surface area (Å²) >= 11 is 2.82. The van der Waals surface area contributed by atoms with Crippen LogP contribution in [0, 0.1) is 0 Å². The van der Waals surface area contributed by atoms with Crippen LogP contribution in [-0.4, -0.2) is 8.42 Å². The Kier molecular flexibility index (Phi) is 4.51. The molecule has 0 aliphatic heterocycles. The van der Waals surface area contributed by atoms with Gasteiger partial charge in [0, 0.05) is 10.2 Å². The molecule has 0 heterocycles. The molecule has 1 N–H and O–H groups in total. The average Bonchev–Trinajstić information content (AvgIpc) is 2.55. The summed E-state index contributed by atoms with van der Waals surface area (Å²) < 4.78 is 65.9. The molecule has 3 rings (SSSR count). The zero-order valence-electron chi connectivity index (χ0n) is 12.5. The van der Waals surface area contributed by atoms with E-state index in [0.29, 0.717) is 0 Å². The number of hydrogen-bond acceptors (Lipinski definition) is 2. The molecular weight excluding hydrogens is 419 g/mol. The predicted octanol–water partition coefficient (Wildman–Crippen LogP) is 5.42. The third-order valence-electron chi connectivity index (χ3n) is 3.56. The molecule has 0 atom stereocenters. The SMILES string of the molecule is O=S(=O)(Nc1ccc(Br)c(C(F)(F)F)c1)c1ccc2ccccc2c1. The Labute approximate surface area is 150 Å². The van der Waals surface area contributed by atoms with Crippen molar-refractivity contribution in [2.75, 3.05) is 4.72 Å². The van der Waals surface area contributed by atoms with Gasteiger partial charge >= 0.3 is 6.18 Å². The molecule has 0 aliphatic rings. The number of hydrogen-bond donors (Lipinski definition) is 1. The normalized spacial score (nSPS) is 12.3. The maximum Gasteiger partial charge on any atom is 0.417 e. The van der Waals surface area contributed by atoms with Gasteiger partial charge in [-0.3, -0.25) is 4.72 Å². The van der Waals surface area contributed by atoms with Crippen LogP contribution < -0.4 is 4.72 Å². The lowest BCUT2D eigenvalue weighted by Crippen LogP contribution is -2.14. The van der Waals surface area contributed by atoms with Crippen molar-refractivity contribution in [1.29, 1.82) is 0 Å². The topological polar surface area (TPSA) is 46.2 Å². The van der Waals surface area contributed by atoms with Crippen molar-refractivity contribution < 1.29 is 21.6 Å². The molecular formula is C17H11BrF3NO2S. The van der Waals surface area contributed by atoms with Crippen molar-refractivity contribution in [2.24, 2.45) is 0 Å². The zero-order chi connectivity index (χ0) is 18.2. The van der Waals surface area contributed by atoms with Gasteiger partial charge in [-0.1, -0.05) is 46.3 Å². The summed E-state index contributed by atoms with van der Waals surface area (Å²) in [5.74, 6) is 0. The van der Waals surface area contributed by atoms with E-state index >= 15 is 0 Å². The molecule has 0 aromatic heterocycles. The molecule has 0 spiro atoms. The minimum atomic E-state index is -4.59. The van der Waals surface area contributed by atoms with E-state index in [0.717, 1.165) is 22.9 Å². The number of rotatable bonds is 3. The first-order valence-electron chi connectivity index (χ1n) is 7.05. The van der Waals surface area contributed by atoms with Gasteiger partial charge in [0.2, 0.25) is 0 Å². The monoisotopic (exact) mass is 429 g/mol. The lowest BCUT2D eigenvalue weighted by Gasteiger charge is -2.13. The van der Waals surface area contributed by atoms with Crippen LogP contribution in [-0.2, 0) is 16.2 Å². The van der Waals surface area contributed by atoms with Crippen LogP contribution in [0.4, 0.5) is 18.9 Å². The van der Waals surface area contributed by atoms with Gasteiger partial charge in [0.15, 0.2) is 0 Å². The smallest absolute Gasteiger partial charge is 0.280 e. The molecule has 0 bridgehead atoms. The summed E-state index contributed by atoms with van der Waals surface area (Å²) in [7, 11) is -4.01. The first kappa shape index (κ1) is 17.8. The highest BCUT2D eigenvalue weighted by atomic mass is 79.9. The number of nitrogens with one attached hydrogen (secondary N) is 1. The van der Waals surface area contributed by atoms with Gasteiger partial charge in [-0.15, -0.1) is 0 Å². The summed E-state index contributed by atoms with van der Waals surface area (Å²) in [6.45, 7) is 0. The molecule has 0 amide bonds. The summed E-state index contributed by atoms with van der Waals surface area (Å²) in [6, 6.07) is 14.9. The van der Waals surface area contributed by atoms with E-state index in [2.05, 4.69) is 20.7 Å². The Bertz CT molecular complexity index is 1050. The van der Waals surface area contributed by atoms with E-state index in [-0.39, 0.29) is 15.1 Å². The van der Waals surface area contributed by atoms with Crippen LogP contribution in [0.25, 0.3) is 10.8 Å². The Morgan fingerprint density at radius 2 is 1.56 bits per heavy atom. The fraction of sp³-hybridized carbons (Fsp3) is 0.0588. The molecule has 0 radical (unpaired) electrons. The molecule has 3 aromatic carbocycles. The molecule has 130 valence electrons. The molecule has 0 aliphatic carbocycles. The lowest BCUT2D eigenvalue weighted by atomic mass is 10.1. The van der Waals surface area contributed by atoms with Gasteiger partial charge in [-0.2, -0.15) is 13.2 Å². The number of alkyl halides is 3. The fourth-order valence-corrected chi connectivity index (χ4v) is 3.91. The number of sulfonamides is 1. The second-order valence-electron chi connectivity index (χ2n) is 5.31. The van der Waals surface area contributed by atoms with Gasteiger partial charge in [0.05, 0.1) is 10.5 Å². The largest absolute Gasteiger partial charge is 0.417 e. The van der Waals surface area contributed by atoms with Gasteiger partial charge in [0.1, 0.15) is 0 Å². The van der Waals surface area contributed by atoms with E-state index < -0.39 is 21.8 Å². The minimum Gasteiger partial charge on any atom is -0.280 e. The number of benzene rings is 3. The molecule has 0 fully saturated rings. The maximum atomic E-state index is 13.0. The Morgan fingerprint density at radius 3 is 2.24 bits per heavy atom. The van der Waals surface area contributed by atoms with Gasteiger partial charge < -0.3 is 0 Å². The molecule has 0 saturated carbocycles. The van der Waals surface area contributed by atoms with Crippen molar-refractivity contribution in [2.45, 2.75) is 11.1 Å². The van der Waals surface area contributed by atoms with Crippen molar-refractivity contribution in [1.82, 2.24) is 0 Å². The van der Waals surface area contributed by atoms with Crippen molar-refractivity contribution in [3.05, 3.63) is 70.7 Å². The minimum absolute atomic E-state index is 0.0253. The Hall–Kier alpha value is -2.06. The molecule has 3 nitrogen and oxygen atoms in total. The second-order valence-corrected chi connectivity index (χ2v) is 7.84. The van der Waals surface area contributed by atoms with E-state index in [4.69, 9.17) is 0 Å². The predicted molar refractivity (Wildman–Crippen MR) is 93.9 cm³/mol. The summed E-state index contributed by atoms with van der Waals surface area (Å²) in [5.41, 5.74) is -1.12. The highest BCUT2D eigenvalue weighted by Gasteiger charge is 2.33. The van der Waals surface area contributed by atoms with Gasteiger partial charge in [-0.25, -0.2) is 8.42 Å². The Morgan fingerprint density at radius 1 is 0.880 bits per heavy atom. The van der Waals surface area contributed by atoms with Crippen LogP contribution in [0.3, 0.4) is 0 Å². The van der Waals surface area contributed by atoms with Crippen molar-refractivity contribution in [3.8, 4) is 0 Å². The van der Waals surface area contributed by atoms with E-state index in [1.165, 1.54) is 18.2 Å². The first-order chi connectivity index (χ1) is 11.7. The van der Waals surface area contributed by atoms with Crippen LogP contribution in [0.2, 0.25) is 0 Å². The summed E-state index contributed by atoms with van der Waals surface area (Å²) in [6.07, 6.45) is -4.59. The number of halogens is 4. The zero-order valence-corrected chi connectivity index (χ0v) is 14.9. The van der Waals surface area contributed by atoms with Crippen LogP contribution in [0.15, 0.2) is 70.0 Å². The van der Waals surface area contributed by atoms with E-state index in [1.807, 2.05) is 12.1 Å². The molecule has 0 unspecified atom stereocenters. The average molecular weight is 430 g/mol. The van der Waals surface area contributed by atoms with E-state index in [1.54, 1.807) is 18.2 Å². The Balaban J connectivity index is 1.98. The third-order valence-corrected chi connectivity index (χ3v) is 5.63. The molecule has 0 saturated heterocycles. The maximum absolute atomic E-state index is 13.0. The van der Waals surface area contributed by atoms with Crippen LogP contribution in [0.1, 0.15) is 5.56 Å². The van der Waals surface area contributed by atoms with Crippen molar-refractivity contribution in [3.63, 3.8) is 0 Å². The third kappa shape index (κ3) is 3.80. The quantitative estimate of drug-likeness (QED) is 0.603. The second kappa shape index (κ2) is 6.34. The van der Waals surface area contributed by atoms with Crippen LogP contribution >= 0.6 is 15.9 Å². The molecule has 3 aromatic rings. The first-order valence-corrected chi connectivity index (χ1v) is 9.33. The van der Waals surface area contributed by atoms with Crippen molar-refractivity contribution >= 4 is 42.4 Å². The standard InChI is InChI=1S/C17H11BrF3NO2S/c18-16-8-6-13(10-15(16)17(19,20)21)22-25(23,24)14-7-5-11-3-1-2-4-12(11)9-14/h1-10,22H. The van der Waals surface area contributed by atoms with Crippen LogP contribution in [0.5, 0.6) is 0 Å². The molecule has 8 heteroatoms. The van der Waals surface area contributed by atoms with Gasteiger partial charge in [-0.05, 0) is 41.1 Å². The number of anilines is 1. The summed E-state index contributed by atoms with van der Waals surface area (Å²) in [4.78, 5) is -0.0253. The lowest BCUT2D eigenvalue weighted by molar-refractivity contribution is -0.138. The highest BCUT2D eigenvalue weighted by Crippen LogP contribution is 2.36.